The molecule has 2 aromatic rings. The summed E-state index contributed by atoms with van der Waals surface area (Å²) in [6.07, 6.45) is -0.858. The molecule has 0 saturated heterocycles. The zero-order valence-electron chi connectivity index (χ0n) is 10.0. The summed E-state index contributed by atoms with van der Waals surface area (Å²) in [5, 5.41) is 11.4. The summed E-state index contributed by atoms with van der Waals surface area (Å²) in [4.78, 5) is 0. The van der Waals surface area contributed by atoms with Gasteiger partial charge in [-0.1, -0.05) is 39.1 Å². The Hall–Kier alpha value is -0.740. The summed E-state index contributed by atoms with van der Waals surface area (Å²) in [5.41, 5.74) is 1.27. The van der Waals surface area contributed by atoms with Crippen LogP contribution in [-0.4, -0.2) is 12.2 Å². The van der Waals surface area contributed by atoms with Gasteiger partial charge in [-0.3, -0.25) is 0 Å². The normalized spacial score (nSPS) is 12.3. The van der Waals surface area contributed by atoms with Crippen LogP contribution < -0.4 is 4.74 Å². The number of aliphatic hydroxyl groups excluding tert-OH is 1. The molecule has 0 aromatic heterocycles. The maximum atomic E-state index is 10.5. The van der Waals surface area contributed by atoms with Gasteiger partial charge in [0.1, 0.15) is 11.9 Å². The molecule has 0 aliphatic heterocycles. The van der Waals surface area contributed by atoms with Gasteiger partial charge < -0.3 is 9.84 Å². The third-order valence-corrected chi connectivity index (χ3v) is 3.62. The highest BCUT2D eigenvalue weighted by molar-refractivity contribution is 9.10. The summed E-state index contributed by atoms with van der Waals surface area (Å²) < 4.78 is 6.11. The molecule has 0 aliphatic rings. The molecule has 0 heterocycles. The summed E-state index contributed by atoms with van der Waals surface area (Å²) in [7, 11) is 1.56. The van der Waals surface area contributed by atoms with E-state index in [0.29, 0.717) is 26.9 Å². The van der Waals surface area contributed by atoms with Crippen molar-refractivity contribution in [1.29, 1.82) is 0 Å². The zero-order chi connectivity index (χ0) is 14.0. The monoisotopic (exact) mass is 360 g/mol. The largest absolute Gasteiger partial charge is 0.496 e. The van der Waals surface area contributed by atoms with Crippen LogP contribution in [0.3, 0.4) is 0 Å². The predicted molar refractivity (Wildman–Crippen MR) is 81.2 cm³/mol. The highest BCUT2D eigenvalue weighted by atomic mass is 79.9. The van der Waals surface area contributed by atoms with Crippen molar-refractivity contribution in [3.05, 3.63) is 62.0 Å². The van der Waals surface area contributed by atoms with Crippen LogP contribution in [0.15, 0.2) is 40.9 Å². The fourth-order valence-corrected chi connectivity index (χ4v) is 2.75. The molecule has 0 bridgehead atoms. The zero-order valence-corrected chi connectivity index (χ0v) is 13.1. The maximum Gasteiger partial charge on any atom is 0.125 e. The molecule has 100 valence electrons. The van der Waals surface area contributed by atoms with Gasteiger partial charge in [-0.15, -0.1) is 0 Å². The van der Waals surface area contributed by atoms with E-state index in [2.05, 4.69) is 15.9 Å². The molecule has 2 nitrogen and oxygen atoms in total. The van der Waals surface area contributed by atoms with Gasteiger partial charge in [0, 0.05) is 20.1 Å². The third kappa shape index (κ3) is 3.42. The number of hydrogen-bond acceptors (Lipinski definition) is 2. The van der Waals surface area contributed by atoms with Crippen molar-refractivity contribution in [2.24, 2.45) is 0 Å². The number of methoxy groups -OCH3 is 1. The van der Waals surface area contributed by atoms with E-state index in [1.807, 2.05) is 6.07 Å². The quantitative estimate of drug-likeness (QED) is 0.846. The molecule has 1 unspecified atom stereocenters. The Balaban J connectivity index is 2.48. The Morgan fingerprint density at radius 3 is 2.32 bits per heavy atom. The van der Waals surface area contributed by atoms with Gasteiger partial charge in [-0.2, -0.15) is 0 Å². The fourth-order valence-electron chi connectivity index (χ4n) is 1.83. The number of halogens is 3. The molecule has 5 heteroatoms. The topological polar surface area (TPSA) is 29.5 Å². The molecule has 2 rings (SSSR count). The first kappa shape index (κ1) is 14.7. The first-order chi connectivity index (χ1) is 9.01. The van der Waals surface area contributed by atoms with Crippen LogP contribution in [0, 0.1) is 0 Å². The van der Waals surface area contributed by atoms with Crippen molar-refractivity contribution in [3.63, 3.8) is 0 Å². The lowest BCUT2D eigenvalue weighted by Gasteiger charge is -2.16. The van der Waals surface area contributed by atoms with Crippen molar-refractivity contribution >= 4 is 39.1 Å². The van der Waals surface area contributed by atoms with Gasteiger partial charge in [0.15, 0.2) is 0 Å². The predicted octanol–water partition coefficient (Wildman–Crippen LogP) is 4.85. The molecule has 0 aliphatic carbocycles. The van der Waals surface area contributed by atoms with Crippen molar-refractivity contribution in [2.75, 3.05) is 7.11 Å². The van der Waals surface area contributed by atoms with Crippen molar-refractivity contribution in [2.45, 2.75) is 6.10 Å². The van der Waals surface area contributed by atoms with E-state index < -0.39 is 6.10 Å². The minimum absolute atomic E-state index is 0.482. The summed E-state index contributed by atoms with van der Waals surface area (Å²) >= 11 is 15.3. The highest BCUT2D eigenvalue weighted by Crippen LogP contribution is 2.34. The van der Waals surface area contributed by atoms with Crippen LogP contribution in [0.2, 0.25) is 10.0 Å². The van der Waals surface area contributed by atoms with E-state index in [9.17, 15) is 5.11 Å². The van der Waals surface area contributed by atoms with Crippen molar-refractivity contribution in [1.82, 2.24) is 0 Å². The molecular weight excluding hydrogens is 351 g/mol. The van der Waals surface area contributed by atoms with Crippen molar-refractivity contribution < 1.29 is 9.84 Å². The standard InChI is InChI=1S/C14H11BrCl2O2/c1-19-13-3-2-9(15)6-12(13)14(18)8-4-10(16)7-11(17)5-8/h2-7,14,18H,1H3. The summed E-state index contributed by atoms with van der Waals surface area (Å²) in [6.45, 7) is 0. The van der Waals surface area contributed by atoms with E-state index in [1.165, 1.54) is 0 Å². The Morgan fingerprint density at radius 2 is 1.74 bits per heavy atom. The van der Waals surface area contributed by atoms with Gasteiger partial charge in [-0.25, -0.2) is 0 Å². The summed E-state index contributed by atoms with van der Waals surface area (Å²) in [6, 6.07) is 10.4. The lowest BCUT2D eigenvalue weighted by Crippen LogP contribution is -2.02. The second kappa shape index (κ2) is 6.14. The van der Waals surface area contributed by atoms with Crippen LogP contribution in [0.4, 0.5) is 0 Å². The Kier molecular flexibility index (Phi) is 4.74. The van der Waals surface area contributed by atoms with Gasteiger partial charge in [0.25, 0.3) is 0 Å². The molecule has 19 heavy (non-hydrogen) atoms. The first-order valence-electron chi connectivity index (χ1n) is 5.48. The third-order valence-electron chi connectivity index (χ3n) is 2.69. The molecule has 2 aromatic carbocycles. The van der Waals surface area contributed by atoms with E-state index in [0.717, 1.165) is 4.47 Å². The first-order valence-corrected chi connectivity index (χ1v) is 7.03. The molecule has 0 spiro atoms. The van der Waals surface area contributed by atoms with E-state index in [1.54, 1.807) is 37.4 Å². The lowest BCUT2D eigenvalue weighted by atomic mass is 10.0. The number of hydrogen-bond donors (Lipinski definition) is 1. The minimum Gasteiger partial charge on any atom is -0.496 e. The second-order valence-electron chi connectivity index (χ2n) is 3.99. The van der Waals surface area contributed by atoms with E-state index in [-0.39, 0.29) is 0 Å². The van der Waals surface area contributed by atoms with Crippen LogP contribution in [0.1, 0.15) is 17.2 Å². The molecule has 1 atom stereocenters. The van der Waals surface area contributed by atoms with E-state index >= 15 is 0 Å². The van der Waals surface area contributed by atoms with Crippen LogP contribution in [0.25, 0.3) is 0 Å². The summed E-state index contributed by atoms with van der Waals surface area (Å²) in [5.74, 6) is 0.604. The van der Waals surface area contributed by atoms with Gasteiger partial charge >= 0.3 is 0 Å². The second-order valence-corrected chi connectivity index (χ2v) is 5.78. The Bertz CT molecular complexity index is 582. The fraction of sp³-hybridized carbons (Fsp3) is 0.143. The van der Waals surface area contributed by atoms with E-state index in [4.69, 9.17) is 27.9 Å². The molecule has 0 amide bonds. The smallest absolute Gasteiger partial charge is 0.125 e. The van der Waals surface area contributed by atoms with Crippen LogP contribution in [0.5, 0.6) is 5.75 Å². The molecular formula is C14H11BrCl2O2. The van der Waals surface area contributed by atoms with Gasteiger partial charge in [0.05, 0.1) is 7.11 Å². The van der Waals surface area contributed by atoms with Crippen LogP contribution >= 0.6 is 39.1 Å². The average molecular weight is 362 g/mol. The van der Waals surface area contributed by atoms with Gasteiger partial charge in [0.2, 0.25) is 0 Å². The van der Waals surface area contributed by atoms with Crippen molar-refractivity contribution in [3.8, 4) is 5.75 Å². The maximum absolute atomic E-state index is 10.5. The number of ether oxygens (including phenoxy) is 1. The number of aliphatic hydroxyl groups is 1. The number of benzene rings is 2. The molecule has 0 saturated carbocycles. The average Bonchev–Trinajstić information content (AvgIpc) is 2.36. The molecule has 1 N–H and O–H groups in total. The Labute approximate surface area is 130 Å². The SMILES string of the molecule is COc1ccc(Br)cc1C(O)c1cc(Cl)cc(Cl)c1. The molecule has 0 radical (unpaired) electrons. The highest BCUT2D eigenvalue weighted by Gasteiger charge is 2.17. The van der Waals surface area contributed by atoms with Gasteiger partial charge in [-0.05, 0) is 42.0 Å². The lowest BCUT2D eigenvalue weighted by molar-refractivity contribution is 0.214. The minimum atomic E-state index is -0.858. The van der Waals surface area contributed by atoms with Crippen LogP contribution in [-0.2, 0) is 0 Å². The Morgan fingerprint density at radius 1 is 1.11 bits per heavy atom. The number of rotatable bonds is 3. The molecule has 0 fully saturated rings.